The van der Waals surface area contributed by atoms with Gasteiger partial charge < -0.3 is 20.3 Å². The molecule has 6 nitrogen and oxygen atoms in total. The van der Waals surface area contributed by atoms with Crippen molar-refractivity contribution in [2.45, 2.75) is 52.7 Å². The number of piperidine rings is 1. The van der Waals surface area contributed by atoms with Gasteiger partial charge in [0.15, 0.2) is 5.96 Å². The summed E-state index contributed by atoms with van der Waals surface area (Å²) in [6.45, 7) is 10.1. The summed E-state index contributed by atoms with van der Waals surface area (Å²) < 4.78 is 18.9. The van der Waals surface area contributed by atoms with Gasteiger partial charge in [0, 0.05) is 33.2 Å². The number of benzene rings is 1. The summed E-state index contributed by atoms with van der Waals surface area (Å²) in [5, 5.41) is 6.58. The Bertz CT molecular complexity index is 706. The van der Waals surface area contributed by atoms with Crippen LogP contribution in [0.2, 0.25) is 0 Å². The third-order valence-electron chi connectivity index (χ3n) is 4.63. The fourth-order valence-corrected chi connectivity index (χ4v) is 3.19. The number of rotatable bonds is 4. The lowest BCUT2D eigenvalue weighted by Gasteiger charge is -2.34. The van der Waals surface area contributed by atoms with Crippen LogP contribution >= 0.6 is 24.0 Å². The van der Waals surface area contributed by atoms with Crippen molar-refractivity contribution < 1.29 is 13.9 Å². The molecule has 1 atom stereocenters. The Kier molecular flexibility index (Phi) is 10.2. The van der Waals surface area contributed by atoms with E-state index >= 15 is 0 Å². The van der Waals surface area contributed by atoms with Gasteiger partial charge in [0.2, 0.25) is 0 Å². The summed E-state index contributed by atoms with van der Waals surface area (Å²) in [7, 11) is 1.72. The molecule has 0 aromatic heterocycles. The summed E-state index contributed by atoms with van der Waals surface area (Å²) in [5.41, 5.74) is 1.15. The van der Waals surface area contributed by atoms with E-state index in [1.165, 1.54) is 6.07 Å². The molecule has 0 bridgehead atoms. The predicted molar refractivity (Wildman–Crippen MR) is 125 cm³/mol. The van der Waals surface area contributed by atoms with Gasteiger partial charge in [0.1, 0.15) is 11.4 Å². The lowest BCUT2D eigenvalue weighted by molar-refractivity contribution is 0.0168. The molecule has 1 aliphatic rings. The molecule has 1 aromatic carbocycles. The Labute approximate surface area is 190 Å². The average Bonchev–Trinajstić information content (AvgIpc) is 2.63. The van der Waals surface area contributed by atoms with Crippen molar-refractivity contribution in [2.24, 2.45) is 10.9 Å². The van der Waals surface area contributed by atoms with Gasteiger partial charge in [-0.05, 0) is 63.6 Å². The molecule has 0 aliphatic carbocycles. The van der Waals surface area contributed by atoms with Gasteiger partial charge in [-0.1, -0.05) is 12.1 Å². The maximum atomic E-state index is 13.4. The summed E-state index contributed by atoms with van der Waals surface area (Å²) >= 11 is 0. The predicted octanol–water partition coefficient (Wildman–Crippen LogP) is 4.06. The number of halogens is 2. The summed E-state index contributed by atoms with van der Waals surface area (Å²) in [4.78, 5) is 18.3. The number of aryl methyl sites for hydroxylation is 1. The number of likely N-dealkylation sites (tertiary alicyclic amines) is 1. The minimum atomic E-state index is -0.479. The number of aliphatic imine (C=N–C) groups is 1. The van der Waals surface area contributed by atoms with E-state index in [4.69, 9.17) is 4.74 Å². The van der Waals surface area contributed by atoms with E-state index < -0.39 is 5.60 Å². The average molecular weight is 520 g/mol. The van der Waals surface area contributed by atoms with Crippen molar-refractivity contribution in [3.05, 3.63) is 35.1 Å². The molecule has 0 spiro atoms. The highest BCUT2D eigenvalue weighted by Gasteiger charge is 2.27. The quantitative estimate of drug-likeness (QED) is 0.357. The van der Waals surface area contributed by atoms with E-state index in [9.17, 15) is 9.18 Å². The van der Waals surface area contributed by atoms with Crippen molar-refractivity contribution in [1.82, 2.24) is 15.5 Å². The molecular weight excluding hydrogens is 486 g/mol. The number of hydrogen-bond donors (Lipinski definition) is 2. The number of ether oxygens (including phenoxy) is 1. The number of amides is 1. The molecular formula is C21H34FIN4O2. The zero-order chi connectivity index (χ0) is 20.7. The van der Waals surface area contributed by atoms with Crippen LogP contribution in [0.25, 0.3) is 0 Å². The van der Waals surface area contributed by atoms with Crippen LogP contribution in [0.5, 0.6) is 0 Å². The van der Waals surface area contributed by atoms with Crippen molar-refractivity contribution in [1.29, 1.82) is 0 Å². The van der Waals surface area contributed by atoms with E-state index in [1.807, 2.05) is 26.8 Å². The molecule has 1 unspecified atom stereocenters. The van der Waals surface area contributed by atoms with Crippen LogP contribution in [0.15, 0.2) is 23.2 Å². The molecule has 29 heavy (non-hydrogen) atoms. The highest BCUT2D eigenvalue weighted by atomic mass is 127. The molecule has 0 radical (unpaired) electrons. The molecule has 1 saturated heterocycles. The topological polar surface area (TPSA) is 66.0 Å². The molecule has 1 aliphatic heterocycles. The molecule has 2 N–H and O–H groups in total. The fourth-order valence-electron chi connectivity index (χ4n) is 3.19. The van der Waals surface area contributed by atoms with E-state index in [0.717, 1.165) is 31.5 Å². The monoisotopic (exact) mass is 520 g/mol. The second kappa shape index (κ2) is 11.6. The number of carbonyl (C=O) groups is 1. The van der Waals surface area contributed by atoms with E-state index in [-0.39, 0.29) is 35.9 Å². The molecule has 2 rings (SSSR count). The van der Waals surface area contributed by atoms with Gasteiger partial charge in [-0.3, -0.25) is 4.99 Å². The maximum Gasteiger partial charge on any atom is 0.410 e. The highest BCUT2D eigenvalue weighted by Crippen LogP contribution is 2.19. The first-order valence-electron chi connectivity index (χ1n) is 9.85. The number of guanidine groups is 1. The largest absolute Gasteiger partial charge is 0.444 e. The standard InChI is InChI=1S/C21H33FN4O2.HI/c1-15-11-16(8-9-18(15)22)12-24-19(23-5)25-13-17-7-6-10-26(14-17)20(27)28-21(2,3)4;/h8-9,11,17H,6-7,10,12-14H2,1-5H3,(H2,23,24,25);1H. The highest BCUT2D eigenvalue weighted by molar-refractivity contribution is 14.0. The molecule has 1 heterocycles. The number of nitrogens with one attached hydrogen (secondary N) is 2. The van der Waals surface area contributed by atoms with Crippen LogP contribution in [0.4, 0.5) is 9.18 Å². The molecule has 1 fully saturated rings. The zero-order valence-corrected chi connectivity index (χ0v) is 20.4. The van der Waals surface area contributed by atoms with Gasteiger partial charge >= 0.3 is 6.09 Å². The molecule has 8 heteroatoms. The maximum absolute atomic E-state index is 13.4. The third kappa shape index (κ3) is 8.76. The molecule has 164 valence electrons. The van der Waals surface area contributed by atoms with Crippen LogP contribution in [0.1, 0.15) is 44.7 Å². The number of carbonyl (C=O) groups excluding carboxylic acids is 1. The van der Waals surface area contributed by atoms with Crippen LogP contribution in [0, 0.1) is 18.7 Å². The van der Waals surface area contributed by atoms with Gasteiger partial charge in [0.05, 0.1) is 0 Å². The normalized spacial score (nSPS) is 17.4. The van der Waals surface area contributed by atoms with Crippen LogP contribution in [-0.2, 0) is 11.3 Å². The zero-order valence-electron chi connectivity index (χ0n) is 18.0. The Morgan fingerprint density at radius 1 is 1.34 bits per heavy atom. The van der Waals surface area contributed by atoms with E-state index in [1.54, 1.807) is 24.9 Å². The van der Waals surface area contributed by atoms with Crippen molar-refractivity contribution in [3.63, 3.8) is 0 Å². The second-order valence-corrected chi connectivity index (χ2v) is 8.32. The van der Waals surface area contributed by atoms with Crippen molar-refractivity contribution >= 4 is 36.0 Å². The Morgan fingerprint density at radius 2 is 2.07 bits per heavy atom. The van der Waals surface area contributed by atoms with Crippen LogP contribution in [0.3, 0.4) is 0 Å². The lowest BCUT2D eigenvalue weighted by atomic mass is 9.98. The molecule has 1 amide bonds. The second-order valence-electron chi connectivity index (χ2n) is 8.32. The fraction of sp³-hybridized carbons (Fsp3) is 0.619. The minimum Gasteiger partial charge on any atom is -0.444 e. The number of hydrogen-bond acceptors (Lipinski definition) is 3. The van der Waals surface area contributed by atoms with Crippen LogP contribution in [-0.4, -0.2) is 49.2 Å². The van der Waals surface area contributed by atoms with Crippen molar-refractivity contribution in [3.8, 4) is 0 Å². The number of nitrogens with zero attached hydrogens (tertiary/aromatic N) is 2. The van der Waals surface area contributed by atoms with E-state index in [0.29, 0.717) is 30.5 Å². The van der Waals surface area contributed by atoms with Gasteiger partial charge in [-0.25, -0.2) is 9.18 Å². The smallest absolute Gasteiger partial charge is 0.410 e. The van der Waals surface area contributed by atoms with Crippen molar-refractivity contribution in [2.75, 3.05) is 26.7 Å². The Morgan fingerprint density at radius 3 is 2.69 bits per heavy atom. The lowest BCUT2D eigenvalue weighted by Crippen LogP contribution is -2.47. The minimum absolute atomic E-state index is 0. The van der Waals surface area contributed by atoms with Gasteiger partial charge in [0.25, 0.3) is 0 Å². The first-order valence-corrected chi connectivity index (χ1v) is 9.85. The summed E-state index contributed by atoms with van der Waals surface area (Å²) in [6, 6.07) is 5.08. The van der Waals surface area contributed by atoms with Crippen LogP contribution < -0.4 is 10.6 Å². The summed E-state index contributed by atoms with van der Waals surface area (Å²) in [5.74, 6) is 0.836. The van der Waals surface area contributed by atoms with Gasteiger partial charge in [-0.15, -0.1) is 24.0 Å². The Hall–Kier alpha value is -1.58. The van der Waals surface area contributed by atoms with Gasteiger partial charge in [-0.2, -0.15) is 0 Å². The summed E-state index contributed by atoms with van der Waals surface area (Å²) in [6.07, 6.45) is 1.78. The SMILES string of the molecule is CN=C(NCc1ccc(F)c(C)c1)NCC1CCCN(C(=O)OC(C)(C)C)C1.I. The van der Waals surface area contributed by atoms with E-state index in [2.05, 4.69) is 15.6 Å². The first-order chi connectivity index (χ1) is 13.2. The molecule has 1 aromatic rings. The Balaban J connectivity index is 0.00000420. The third-order valence-corrected chi connectivity index (χ3v) is 4.63. The first kappa shape index (κ1) is 25.5. The molecule has 0 saturated carbocycles.